The Balaban J connectivity index is 1.66. The highest BCUT2D eigenvalue weighted by Crippen LogP contribution is 2.44. The highest BCUT2D eigenvalue weighted by Gasteiger charge is 2.24. The van der Waals surface area contributed by atoms with E-state index in [1.54, 1.807) is 13.3 Å². The molecule has 0 aliphatic carbocycles. The number of aryl methyl sites for hydroxylation is 3. The molecular weight excluding hydrogens is 434 g/mol. The summed E-state index contributed by atoms with van der Waals surface area (Å²) in [6.45, 7) is 6.82. The fraction of sp³-hybridized carbons (Fsp3) is 0.280. The molecular formula is C25H23N5O4. The Kier molecular flexibility index (Phi) is 4.65. The first-order valence-electron chi connectivity index (χ1n) is 11.1. The second-order valence-electron chi connectivity index (χ2n) is 8.31. The van der Waals surface area contributed by atoms with Gasteiger partial charge in [0, 0.05) is 29.1 Å². The van der Waals surface area contributed by atoms with Gasteiger partial charge in [0.2, 0.25) is 0 Å². The SMILES string of the molecule is COc1cc2c(cc1-c1c(C)noc1C)[nH]c1nc(C)nc(-c3ccnc4c3OCCCO4)c12. The molecule has 9 heteroatoms. The Bertz CT molecular complexity index is 1550. The van der Waals surface area contributed by atoms with Crippen LogP contribution in [0.25, 0.3) is 44.3 Å². The number of ether oxygens (including phenoxy) is 3. The summed E-state index contributed by atoms with van der Waals surface area (Å²) < 4.78 is 23.1. The zero-order chi connectivity index (χ0) is 23.4. The minimum atomic E-state index is 0.484. The van der Waals surface area contributed by atoms with Crippen LogP contribution in [0.5, 0.6) is 17.4 Å². The van der Waals surface area contributed by atoms with Crippen LogP contribution in [0.15, 0.2) is 28.9 Å². The lowest BCUT2D eigenvalue weighted by atomic mass is 9.99. The largest absolute Gasteiger partial charge is 0.496 e. The van der Waals surface area contributed by atoms with E-state index in [9.17, 15) is 0 Å². The Morgan fingerprint density at radius 3 is 2.68 bits per heavy atom. The van der Waals surface area contributed by atoms with Gasteiger partial charge < -0.3 is 23.7 Å². The fourth-order valence-corrected chi connectivity index (χ4v) is 4.62. The van der Waals surface area contributed by atoms with E-state index in [1.807, 2.05) is 39.0 Å². The van der Waals surface area contributed by atoms with Crippen LogP contribution in [-0.4, -0.2) is 45.4 Å². The summed E-state index contributed by atoms with van der Waals surface area (Å²) in [6, 6.07) is 5.96. The average Bonchev–Trinajstić information content (AvgIpc) is 3.23. The van der Waals surface area contributed by atoms with Crippen LogP contribution in [0.3, 0.4) is 0 Å². The van der Waals surface area contributed by atoms with Gasteiger partial charge in [0.25, 0.3) is 5.88 Å². The molecule has 0 unspecified atom stereocenters. The first kappa shape index (κ1) is 20.5. The number of pyridine rings is 1. The standard InChI is InChI=1S/C25H23N5O4/c1-12-20(13(2)34-30-12)17-10-18-16(11-19(17)31-4)21-22(27-14(3)28-24(21)29-18)15-6-7-26-25-23(15)32-8-5-9-33-25/h6-7,10-11H,5,8-9H2,1-4H3,(H,27,28,29). The first-order valence-corrected chi connectivity index (χ1v) is 11.1. The fourth-order valence-electron chi connectivity index (χ4n) is 4.62. The summed E-state index contributed by atoms with van der Waals surface area (Å²) in [7, 11) is 1.66. The summed E-state index contributed by atoms with van der Waals surface area (Å²) in [5.74, 6) is 3.18. The Morgan fingerprint density at radius 2 is 1.88 bits per heavy atom. The van der Waals surface area contributed by atoms with Crippen LogP contribution in [0.1, 0.15) is 23.7 Å². The number of H-pyrrole nitrogens is 1. The van der Waals surface area contributed by atoms with E-state index in [-0.39, 0.29) is 0 Å². The highest BCUT2D eigenvalue weighted by atomic mass is 16.5. The third kappa shape index (κ3) is 3.07. The number of methoxy groups -OCH3 is 1. The molecule has 1 aliphatic rings. The van der Waals surface area contributed by atoms with Crippen molar-refractivity contribution in [2.75, 3.05) is 20.3 Å². The van der Waals surface area contributed by atoms with Crippen molar-refractivity contribution in [1.29, 1.82) is 0 Å². The highest BCUT2D eigenvalue weighted by molar-refractivity contribution is 6.14. The molecule has 0 spiro atoms. The van der Waals surface area contributed by atoms with Crippen molar-refractivity contribution in [2.45, 2.75) is 27.2 Å². The third-order valence-corrected chi connectivity index (χ3v) is 6.09. The van der Waals surface area contributed by atoms with E-state index in [4.69, 9.17) is 23.7 Å². The summed E-state index contributed by atoms with van der Waals surface area (Å²) in [4.78, 5) is 17.4. The van der Waals surface area contributed by atoms with Gasteiger partial charge in [0.1, 0.15) is 23.0 Å². The van der Waals surface area contributed by atoms with Crippen LogP contribution in [0, 0.1) is 20.8 Å². The van der Waals surface area contributed by atoms with Crippen LogP contribution >= 0.6 is 0 Å². The molecule has 9 nitrogen and oxygen atoms in total. The number of nitrogens with one attached hydrogen (secondary N) is 1. The Hall–Kier alpha value is -4.14. The molecule has 5 heterocycles. The molecule has 0 saturated carbocycles. The van der Waals surface area contributed by atoms with Crippen LogP contribution < -0.4 is 14.2 Å². The number of fused-ring (bicyclic) bond motifs is 4. The van der Waals surface area contributed by atoms with Gasteiger partial charge >= 0.3 is 0 Å². The lowest BCUT2D eigenvalue weighted by Crippen LogP contribution is -1.99. The first-order chi connectivity index (χ1) is 16.5. The van der Waals surface area contributed by atoms with Gasteiger partial charge in [-0.15, -0.1) is 0 Å². The molecule has 1 aliphatic heterocycles. The third-order valence-electron chi connectivity index (χ3n) is 6.09. The predicted octanol–water partition coefficient (Wildman–Crippen LogP) is 4.92. The lowest BCUT2D eigenvalue weighted by Gasteiger charge is -2.13. The molecule has 6 rings (SSSR count). The van der Waals surface area contributed by atoms with Gasteiger partial charge in [-0.1, -0.05) is 5.16 Å². The molecule has 0 bridgehead atoms. The topological polar surface area (TPSA) is 108 Å². The van der Waals surface area contributed by atoms with Gasteiger partial charge in [0.05, 0.1) is 48.2 Å². The van der Waals surface area contributed by atoms with Crippen molar-refractivity contribution < 1.29 is 18.7 Å². The quantitative estimate of drug-likeness (QED) is 0.407. The minimum Gasteiger partial charge on any atom is -0.496 e. The molecule has 1 aromatic carbocycles. The number of hydrogen-bond donors (Lipinski definition) is 1. The summed E-state index contributed by atoms with van der Waals surface area (Å²) >= 11 is 0. The zero-order valence-electron chi connectivity index (χ0n) is 19.4. The van der Waals surface area contributed by atoms with Gasteiger partial charge in [-0.2, -0.15) is 0 Å². The van der Waals surface area contributed by atoms with Crippen molar-refractivity contribution in [3.63, 3.8) is 0 Å². The molecule has 172 valence electrons. The van der Waals surface area contributed by atoms with Gasteiger partial charge in [-0.25, -0.2) is 15.0 Å². The molecule has 0 fully saturated rings. The van der Waals surface area contributed by atoms with Gasteiger partial charge in [-0.05, 0) is 39.0 Å². The van der Waals surface area contributed by atoms with Crippen molar-refractivity contribution >= 4 is 21.9 Å². The summed E-state index contributed by atoms with van der Waals surface area (Å²) in [5, 5.41) is 5.93. The number of benzene rings is 1. The maximum atomic E-state index is 6.05. The second-order valence-corrected chi connectivity index (χ2v) is 8.31. The molecule has 0 saturated heterocycles. The monoisotopic (exact) mass is 457 g/mol. The van der Waals surface area contributed by atoms with E-state index >= 15 is 0 Å². The van der Waals surface area contributed by atoms with Crippen molar-refractivity contribution in [3.05, 3.63) is 41.7 Å². The van der Waals surface area contributed by atoms with Crippen molar-refractivity contribution in [2.24, 2.45) is 0 Å². The second kappa shape index (κ2) is 7.72. The molecule has 0 atom stereocenters. The van der Waals surface area contributed by atoms with E-state index < -0.39 is 0 Å². The number of rotatable bonds is 3. The van der Waals surface area contributed by atoms with Gasteiger partial charge in [0.15, 0.2) is 5.75 Å². The van der Waals surface area contributed by atoms with E-state index in [0.29, 0.717) is 36.4 Å². The lowest BCUT2D eigenvalue weighted by molar-refractivity contribution is 0.293. The maximum Gasteiger partial charge on any atom is 0.257 e. The summed E-state index contributed by atoms with van der Waals surface area (Å²) in [6.07, 6.45) is 2.51. The van der Waals surface area contributed by atoms with E-state index in [1.165, 1.54) is 0 Å². The molecule has 1 N–H and O–H groups in total. The maximum absolute atomic E-state index is 6.05. The average molecular weight is 457 g/mol. The number of aromatic nitrogens is 5. The van der Waals surface area contributed by atoms with Crippen LogP contribution in [-0.2, 0) is 0 Å². The van der Waals surface area contributed by atoms with E-state index in [2.05, 4.69) is 20.1 Å². The van der Waals surface area contributed by atoms with E-state index in [0.717, 1.165) is 62.2 Å². The van der Waals surface area contributed by atoms with Gasteiger partial charge in [-0.3, -0.25) is 0 Å². The normalized spacial score (nSPS) is 13.4. The van der Waals surface area contributed by atoms with Crippen LogP contribution in [0.2, 0.25) is 0 Å². The zero-order valence-corrected chi connectivity index (χ0v) is 19.4. The smallest absolute Gasteiger partial charge is 0.257 e. The van der Waals surface area contributed by atoms with Crippen molar-refractivity contribution in [3.8, 4) is 39.8 Å². The van der Waals surface area contributed by atoms with Crippen molar-refractivity contribution in [1.82, 2.24) is 25.1 Å². The molecule has 5 aromatic rings. The molecule has 0 radical (unpaired) electrons. The number of aromatic amines is 1. The molecule has 34 heavy (non-hydrogen) atoms. The Labute approximate surface area is 195 Å². The molecule has 0 amide bonds. The minimum absolute atomic E-state index is 0.484. The van der Waals surface area contributed by atoms with Crippen LogP contribution in [0.4, 0.5) is 0 Å². The predicted molar refractivity (Wildman–Crippen MR) is 126 cm³/mol. The summed E-state index contributed by atoms with van der Waals surface area (Å²) in [5.41, 5.74) is 5.84. The number of nitrogens with zero attached hydrogens (tertiary/aromatic N) is 4. The number of hydrogen-bond acceptors (Lipinski definition) is 8. The Morgan fingerprint density at radius 1 is 1.03 bits per heavy atom. The molecule has 4 aromatic heterocycles.